The smallest absolute Gasteiger partial charge is 0.260 e. The maximum atomic E-state index is 11.9. The minimum absolute atomic E-state index is 0.293. The molecule has 2 rings (SSSR count). The van der Waals surface area contributed by atoms with E-state index in [2.05, 4.69) is 10.3 Å². The Labute approximate surface area is 107 Å². The Morgan fingerprint density at radius 2 is 2.06 bits per heavy atom. The van der Waals surface area contributed by atoms with E-state index >= 15 is 0 Å². The Morgan fingerprint density at radius 3 is 2.62 bits per heavy atom. The summed E-state index contributed by atoms with van der Waals surface area (Å²) in [7, 11) is 0. The Balaban J connectivity index is 2.20. The van der Waals surface area contributed by atoms with Crippen LogP contribution in [0.5, 0.6) is 0 Å². The van der Waals surface area contributed by atoms with Gasteiger partial charge in [0.1, 0.15) is 0 Å². The highest BCUT2D eigenvalue weighted by atomic mass is 35.5. The molecule has 0 aromatic heterocycles. The van der Waals surface area contributed by atoms with Gasteiger partial charge in [0.15, 0.2) is 5.17 Å². The van der Waals surface area contributed by atoms with Crippen LogP contribution in [0.15, 0.2) is 23.2 Å². The van der Waals surface area contributed by atoms with Crippen molar-refractivity contribution in [3.8, 4) is 0 Å². The van der Waals surface area contributed by atoms with Crippen LogP contribution in [-0.2, 0) is 0 Å². The number of aliphatic imine (C=N–C) groups is 1. The number of carbonyl (C=O) groups is 1. The van der Waals surface area contributed by atoms with Crippen molar-refractivity contribution < 1.29 is 4.79 Å². The van der Waals surface area contributed by atoms with Gasteiger partial charge in [0, 0.05) is 5.75 Å². The molecule has 1 aromatic rings. The summed E-state index contributed by atoms with van der Waals surface area (Å²) < 4.78 is 0. The number of amides is 1. The average molecular weight is 275 g/mol. The van der Waals surface area contributed by atoms with Crippen molar-refractivity contribution in [1.82, 2.24) is 5.32 Å². The molecule has 0 atom stereocenters. The van der Waals surface area contributed by atoms with Crippen LogP contribution in [0.4, 0.5) is 0 Å². The normalized spacial score (nSPS) is 14.8. The molecule has 3 nitrogen and oxygen atoms in total. The molecule has 16 heavy (non-hydrogen) atoms. The van der Waals surface area contributed by atoms with Crippen molar-refractivity contribution in [2.45, 2.75) is 0 Å². The van der Waals surface area contributed by atoms with Gasteiger partial charge in [-0.3, -0.25) is 9.79 Å². The summed E-state index contributed by atoms with van der Waals surface area (Å²) in [6.45, 7) is 0.733. The van der Waals surface area contributed by atoms with E-state index in [0.29, 0.717) is 20.8 Å². The molecule has 1 heterocycles. The number of rotatable bonds is 1. The Kier molecular flexibility index (Phi) is 3.74. The first-order chi connectivity index (χ1) is 7.68. The standard InChI is InChI=1S/C10H8Cl2N2OS/c11-6-2-1-3-7(12)8(6)9(15)14-10-13-4-5-16-10/h1-3H,4-5H2,(H,13,14,15). The Morgan fingerprint density at radius 1 is 1.38 bits per heavy atom. The quantitative estimate of drug-likeness (QED) is 0.856. The lowest BCUT2D eigenvalue weighted by atomic mass is 10.2. The van der Waals surface area contributed by atoms with Crippen LogP contribution < -0.4 is 5.32 Å². The third kappa shape index (κ3) is 2.51. The maximum Gasteiger partial charge on any atom is 0.260 e. The summed E-state index contributed by atoms with van der Waals surface area (Å²) in [6.07, 6.45) is 0. The van der Waals surface area contributed by atoms with Gasteiger partial charge in [-0.15, -0.1) is 0 Å². The highest BCUT2D eigenvalue weighted by Crippen LogP contribution is 2.24. The fourth-order valence-electron chi connectivity index (χ4n) is 1.29. The second kappa shape index (κ2) is 5.08. The Bertz CT molecular complexity index is 442. The van der Waals surface area contributed by atoms with Gasteiger partial charge in [0.05, 0.1) is 22.2 Å². The Hall–Kier alpha value is -0.710. The molecule has 6 heteroatoms. The van der Waals surface area contributed by atoms with E-state index in [0.717, 1.165) is 12.3 Å². The highest BCUT2D eigenvalue weighted by Gasteiger charge is 2.17. The summed E-state index contributed by atoms with van der Waals surface area (Å²) in [5.74, 6) is 0.579. The first-order valence-corrected chi connectivity index (χ1v) is 6.35. The zero-order valence-corrected chi connectivity index (χ0v) is 10.5. The van der Waals surface area contributed by atoms with E-state index in [4.69, 9.17) is 23.2 Å². The first kappa shape index (κ1) is 11.8. The number of nitrogens with zero attached hydrogens (tertiary/aromatic N) is 1. The van der Waals surface area contributed by atoms with Gasteiger partial charge in [-0.1, -0.05) is 41.0 Å². The van der Waals surface area contributed by atoms with Crippen molar-refractivity contribution in [3.63, 3.8) is 0 Å². The minimum atomic E-state index is -0.316. The second-order valence-electron chi connectivity index (χ2n) is 3.09. The molecular formula is C10H8Cl2N2OS. The van der Waals surface area contributed by atoms with Crippen LogP contribution >= 0.6 is 35.0 Å². The lowest BCUT2D eigenvalue weighted by Gasteiger charge is -2.07. The third-order valence-corrected chi connectivity index (χ3v) is 3.52. The number of hydrogen-bond acceptors (Lipinski definition) is 3. The van der Waals surface area contributed by atoms with Crippen molar-refractivity contribution >= 4 is 46.0 Å². The van der Waals surface area contributed by atoms with E-state index in [-0.39, 0.29) is 5.91 Å². The molecule has 0 saturated heterocycles. The van der Waals surface area contributed by atoms with Gasteiger partial charge in [-0.2, -0.15) is 0 Å². The molecule has 1 N–H and O–H groups in total. The molecule has 0 fully saturated rings. The van der Waals surface area contributed by atoms with Crippen LogP contribution in [0.3, 0.4) is 0 Å². The zero-order chi connectivity index (χ0) is 11.5. The molecular weight excluding hydrogens is 267 g/mol. The van der Waals surface area contributed by atoms with Crippen LogP contribution in [0.1, 0.15) is 10.4 Å². The highest BCUT2D eigenvalue weighted by molar-refractivity contribution is 8.14. The van der Waals surface area contributed by atoms with Gasteiger partial charge in [0.25, 0.3) is 5.91 Å². The van der Waals surface area contributed by atoms with E-state index < -0.39 is 0 Å². The topological polar surface area (TPSA) is 41.5 Å². The lowest BCUT2D eigenvalue weighted by Crippen LogP contribution is -2.27. The predicted octanol–water partition coefficient (Wildman–Crippen LogP) is 2.83. The van der Waals surface area contributed by atoms with Gasteiger partial charge in [0.2, 0.25) is 0 Å². The largest absolute Gasteiger partial charge is 0.301 e. The average Bonchev–Trinajstić information content (AvgIpc) is 2.70. The molecule has 1 aliphatic rings. The van der Waals surface area contributed by atoms with E-state index in [9.17, 15) is 4.79 Å². The lowest BCUT2D eigenvalue weighted by molar-refractivity contribution is 0.0978. The zero-order valence-electron chi connectivity index (χ0n) is 8.17. The van der Waals surface area contributed by atoms with Crippen LogP contribution in [-0.4, -0.2) is 23.4 Å². The van der Waals surface area contributed by atoms with Crippen LogP contribution in [0.2, 0.25) is 10.0 Å². The van der Waals surface area contributed by atoms with Gasteiger partial charge < -0.3 is 5.32 Å². The van der Waals surface area contributed by atoms with Crippen molar-refractivity contribution in [2.24, 2.45) is 4.99 Å². The summed E-state index contributed by atoms with van der Waals surface area (Å²) in [4.78, 5) is 16.0. The van der Waals surface area contributed by atoms with Crippen molar-refractivity contribution in [3.05, 3.63) is 33.8 Å². The molecule has 0 unspecified atom stereocenters. The molecule has 0 radical (unpaired) electrons. The van der Waals surface area contributed by atoms with Gasteiger partial charge >= 0.3 is 0 Å². The van der Waals surface area contributed by atoms with E-state index in [1.54, 1.807) is 18.2 Å². The summed E-state index contributed by atoms with van der Waals surface area (Å²) in [5.41, 5.74) is 0.293. The van der Waals surface area contributed by atoms with Crippen LogP contribution in [0.25, 0.3) is 0 Å². The predicted molar refractivity (Wildman–Crippen MR) is 68.7 cm³/mol. The molecule has 1 aliphatic heterocycles. The third-order valence-electron chi connectivity index (χ3n) is 2.00. The number of thioether (sulfide) groups is 1. The summed E-state index contributed by atoms with van der Waals surface area (Å²) in [5, 5.41) is 3.99. The van der Waals surface area contributed by atoms with Crippen molar-refractivity contribution in [2.75, 3.05) is 12.3 Å². The fourth-order valence-corrected chi connectivity index (χ4v) is 2.58. The number of halogens is 2. The molecule has 1 aromatic carbocycles. The molecule has 0 saturated carbocycles. The number of amidine groups is 1. The molecule has 84 valence electrons. The van der Waals surface area contributed by atoms with Crippen molar-refractivity contribution in [1.29, 1.82) is 0 Å². The monoisotopic (exact) mass is 274 g/mol. The summed E-state index contributed by atoms with van der Waals surface area (Å²) in [6, 6.07) is 4.96. The summed E-state index contributed by atoms with van der Waals surface area (Å²) >= 11 is 13.3. The van der Waals surface area contributed by atoms with E-state index in [1.807, 2.05) is 0 Å². The number of carbonyl (C=O) groups excluding carboxylic acids is 1. The van der Waals surface area contributed by atoms with Crippen LogP contribution in [0, 0.1) is 0 Å². The van der Waals surface area contributed by atoms with Gasteiger partial charge in [-0.25, -0.2) is 0 Å². The van der Waals surface area contributed by atoms with E-state index in [1.165, 1.54) is 11.8 Å². The van der Waals surface area contributed by atoms with Gasteiger partial charge in [-0.05, 0) is 12.1 Å². The number of benzene rings is 1. The number of hydrogen-bond donors (Lipinski definition) is 1. The first-order valence-electron chi connectivity index (χ1n) is 4.61. The maximum absolute atomic E-state index is 11.9. The molecule has 0 spiro atoms. The molecule has 1 amide bonds. The fraction of sp³-hybridized carbons (Fsp3) is 0.200. The second-order valence-corrected chi connectivity index (χ2v) is 4.98. The molecule has 0 aliphatic carbocycles. The SMILES string of the molecule is O=C(NC1=NCCS1)c1c(Cl)cccc1Cl. The number of nitrogens with one attached hydrogen (secondary N) is 1. The molecule has 0 bridgehead atoms. The minimum Gasteiger partial charge on any atom is -0.301 e.